The average Bonchev–Trinajstić information content (AvgIpc) is 2.33. The van der Waals surface area contributed by atoms with Gasteiger partial charge in [0, 0.05) is 24.2 Å². The van der Waals surface area contributed by atoms with E-state index in [1.165, 1.54) is 6.07 Å². The number of nitrogens with zero attached hydrogens (tertiary/aromatic N) is 1. The third kappa shape index (κ3) is 3.86. The second-order valence-electron chi connectivity index (χ2n) is 3.92. The minimum Gasteiger partial charge on any atom is -0.369 e. The standard InChI is InChI=1S/C11H14ClFN2.C2H6/c12-8-1-2-11(10(13)7-8)15-5-3-9(14)4-6-15;1-2/h1-2,7,9H,3-6,14H2;1-2H3. The van der Waals surface area contributed by atoms with Crippen molar-refractivity contribution in [1.82, 2.24) is 0 Å². The monoisotopic (exact) mass is 258 g/mol. The lowest BCUT2D eigenvalue weighted by molar-refractivity contribution is 0.494. The van der Waals surface area contributed by atoms with Gasteiger partial charge in [-0.15, -0.1) is 0 Å². The molecule has 0 radical (unpaired) electrons. The third-order valence-electron chi connectivity index (χ3n) is 2.79. The molecule has 0 amide bonds. The molecule has 1 aliphatic heterocycles. The van der Waals surface area contributed by atoms with Crippen LogP contribution in [0, 0.1) is 5.82 Å². The Morgan fingerprint density at radius 3 is 2.41 bits per heavy atom. The third-order valence-corrected chi connectivity index (χ3v) is 3.03. The second-order valence-corrected chi connectivity index (χ2v) is 4.36. The Kier molecular flexibility index (Phi) is 5.72. The molecule has 0 aliphatic carbocycles. The fourth-order valence-corrected chi connectivity index (χ4v) is 2.04. The van der Waals surface area contributed by atoms with Crippen molar-refractivity contribution in [3.63, 3.8) is 0 Å². The second kappa shape index (κ2) is 6.82. The lowest BCUT2D eigenvalue weighted by Crippen LogP contribution is -2.40. The van der Waals surface area contributed by atoms with Gasteiger partial charge in [0.1, 0.15) is 5.82 Å². The first-order chi connectivity index (χ1) is 8.16. The molecule has 0 aromatic heterocycles. The van der Waals surface area contributed by atoms with Gasteiger partial charge in [0.15, 0.2) is 0 Å². The molecular weight excluding hydrogens is 239 g/mol. The molecule has 0 bridgehead atoms. The van der Waals surface area contributed by atoms with Gasteiger partial charge >= 0.3 is 0 Å². The van der Waals surface area contributed by atoms with Crippen LogP contribution < -0.4 is 10.6 Å². The maximum Gasteiger partial charge on any atom is 0.147 e. The topological polar surface area (TPSA) is 29.3 Å². The molecule has 1 fully saturated rings. The van der Waals surface area contributed by atoms with Gasteiger partial charge in [-0.1, -0.05) is 25.4 Å². The van der Waals surface area contributed by atoms with E-state index in [0.717, 1.165) is 25.9 Å². The highest BCUT2D eigenvalue weighted by atomic mass is 35.5. The van der Waals surface area contributed by atoms with Gasteiger partial charge < -0.3 is 10.6 Å². The number of hydrogen-bond acceptors (Lipinski definition) is 2. The minimum atomic E-state index is -0.252. The number of benzene rings is 1. The molecule has 96 valence electrons. The van der Waals surface area contributed by atoms with Crippen molar-refractivity contribution in [3.05, 3.63) is 29.0 Å². The largest absolute Gasteiger partial charge is 0.369 e. The lowest BCUT2D eigenvalue weighted by Gasteiger charge is -2.32. The zero-order valence-electron chi connectivity index (χ0n) is 10.4. The highest BCUT2D eigenvalue weighted by Crippen LogP contribution is 2.25. The quantitative estimate of drug-likeness (QED) is 0.836. The molecule has 1 saturated heterocycles. The van der Waals surface area contributed by atoms with Gasteiger partial charge in [0.05, 0.1) is 5.69 Å². The van der Waals surface area contributed by atoms with Crippen molar-refractivity contribution in [2.24, 2.45) is 5.73 Å². The van der Waals surface area contributed by atoms with E-state index in [4.69, 9.17) is 17.3 Å². The van der Waals surface area contributed by atoms with Crippen LogP contribution in [0.4, 0.5) is 10.1 Å². The fourth-order valence-electron chi connectivity index (χ4n) is 1.88. The zero-order valence-corrected chi connectivity index (χ0v) is 11.2. The van der Waals surface area contributed by atoms with Crippen LogP contribution in [0.3, 0.4) is 0 Å². The molecule has 2 rings (SSSR count). The normalized spacial score (nSPS) is 16.4. The summed E-state index contributed by atoms with van der Waals surface area (Å²) in [5, 5.41) is 0.435. The van der Waals surface area contributed by atoms with Crippen LogP contribution in [-0.2, 0) is 0 Å². The molecular formula is C13H20ClFN2. The number of rotatable bonds is 1. The number of piperidine rings is 1. The van der Waals surface area contributed by atoms with Crippen molar-refractivity contribution in [3.8, 4) is 0 Å². The van der Waals surface area contributed by atoms with Crippen molar-refractivity contribution in [1.29, 1.82) is 0 Å². The van der Waals surface area contributed by atoms with E-state index in [9.17, 15) is 4.39 Å². The van der Waals surface area contributed by atoms with Crippen LogP contribution in [0.1, 0.15) is 26.7 Å². The Hall–Kier alpha value is -0.800. The summed E-state index contributed by atoms with van der Waals surface area (Å²) in [5.74, 6) is -0.252. The Morgan fingerprint density at radius 2 is 1.88 bits per heavy atom. The van der Waals surface area contributed by atoms with Crippen LogP contribution in [0.25, 0.3) is 0 Å². The molecule has 0 spiro atoms. The van der Waals surface area contributed by atoms with Gasteiger partial charge in [0.2, 0.25) is 0 Å². The summed E-state index contributed by atoms with van der Waals surface area (Å²) in [6.07, 6.45) is 1.84. The van der Waals surface area contributed by atoms with Crippen LogP contribution in [0.5, 0.6) is 0 Å². The molecule has 4 heteroatoms. The van der Waals surface area contributed by atoms with E-state index in [1.54, 1.807) is 12.1 Å². The van der Waals surface area contributed by atoms with Crippen LogP contribution >= 0.6 is 11.6 Å². The molecule has 1 heterocycles. The summed E-state index contributed by atoms with van der Waals surface area (Å²) in [5.41, 5.74) is 6.43. The number of halogens is 2. The Bertz CT molecular complexity index is 349. The molecule has 2 nitrogen and oxygen atoms in total. The maximum absolute atomic E-state index is 13.6. The van der Waals surface area contributed by atoms with E-state index in [-0.39, 0.29) is 11.9 Å². The highest BCUT2D eigenvalue weighted by Gasteiger charge is 2.18. The summed E-state index contributed by atoms with van der Waals surface area (Å²) in [6, 6.07) is 5.06. The van der Waals surface area contributed by atoms with Gasteiger partial charge in [-0.3, -0.25) is 0 Å². The predicted molar refractivity (Wildman–Crippen MR) is 72.2 cm³/mol. The van der Waals surface area contributed by atoms with Crippen molar-refractivity contribution < 1.29 is 4.39 Å². The van der Waals surface area contributed by atoms with E-state index >= 15 is 0 Å². The lowest BCUT2D eigenvalue weighted by atomic mass is 10.1. The fraction of sp³-hybridized carbons (Fsp3) is 0.538. The van der Waals surface area contributed by atoms with Crippen molar-refractivity contribution >= 4 is 17.3 Å². The molecule has 1 aliphatic rings. The molecule has 17 heavy (non-hydrogen) atoms. The predicted octanol–water partition coefficient (Wildman–Crippen LogP) is 3.43. The van der Waals surface area contributed by atoms with Gasteiger partial charge in [0.25, 0.3) is 0 Å². The van der Waals surface area contributed by atoms with Crippen LogP contribution in [0.15, 0.2) is 18.2 Å². The Balaban J connectivity index is 0.000000686. The summed E-state index contributed by atoms with van der Waals surface area (Å²) in [6.45, 7) is 5.64. The molecule has 0 saturated carbocycles. The zero-order chi connectivity index (χ0) is 12.8. The minimum absolute atomic E-state index is 0.252. The summed E-state index contributed by atoms with van der Waals surface area (Å²) in [4.78, 5) is 2.02. The van der Waals surface area contributed by atoms with Crippen molar-refractivity contribution in [2.75, 3.05) is 18.0 Å². The van der Waals surface area contributed by atoms with E-state index in [1.807, 2.05) is 18.7 Å². The maximum atomic E-state index is 13.6. The smallest absolute Gasteiger partial charge is 0.147 e. The number of hydrogen-bond donors (Lipinski definition) is 1. The van der Waals surface area contributed by atoms with Gasteiger partial charge in [-0.25, -0.2) is 4.39 Å². The van der Waals surface area contributed by atoms with Gasteiger partial charge in [-0.2, -0.15) is 0 Å². The number of nitrogens with two attached hydrogens (primary N) is 1. The first-order valence-electron chi connectivity index (χ1n) is 6.12. The average molecular weight is 259 g/mol. The molecule has 2 N–H and O–H groups in total. The molecule has 0 unspecified atom stereocenters. The molecule has 1 aromatic carbocycles. The Morgan fingerprint density at radius 1 is 1.29 bits per heavy atom. The van der Waals surface area contributed by atoms with E-state index in [2.05, 4.69) is 0 Å². The van der Waals surface area contributed by atoms with Crippen molar-refractivity contribution in [2.45, 2.75) is 32.7 Å². The molecule has 1 aromatic rings. The summed E-state index contributed by atoms with van der Waals surface area (Å²) >= 11 is 5.70. The first kappa shape index (κ1) is 14.3. The van der Waals surface area contributed by atoms with Crippen LogP contribution in [0.2, 0.25) is 5.02 Å². The van der Waals surface area contributed by atoms with Gasteiger partial charge in [-0.05, 0) is 31.0 Å². The van der Waals surface area contributed by atoms with Crippen LogP contribution in [-0.4, -0.2) is 19.1 Å². The summed E-state index contributed by atoms with van der Waals surface area (Å²) in [7, 11) is 0. The first-order valence-corrected chi connectivity index (χ1v) is 6.50. The SMILES string of the molecule is CC.NC1CCN(c2ccc(Cl)cc2F)CC1. The Labute approximate surface area is 108 Å². The van der Waals surface area contributed by atoms with E-state index < -0.39 is 0 Å². The number of anilines is 1. The van der Waals surface area contributed by atoms with E-state index in [0.29, 0.717) is 10.7 Å². The summed E-state index contributed by atoms with van der Waals surface area (Å²) < 4.78 is 13.6. The molecule has 0 atom stereocenters. The highest BCUT2D eigenvalue weighted by molar-refractivity contribution is 6.30.